The van der Waals surface area contributed by atoms with Gasteiger partial charge < -0.3 is 10.1 Å². The minimum Gasteiger partial charge on any atom is -0.495 e. The van der Waals surface area contributed by atoms with Gasteiger partial charge in [0.15, 0.2) is 0 Å². The number of methoxy groups -OCH3 is 1. The van der Waals surface area contributed by atoms with Crippen LogP contribution in [0.1, 0.15) is 18.4 Å². The first-order valence-electron chi connectivity index (χ1n) is 5.14. The summed E-state index contributed by atoms with van der Waals surface area (Å²) in [5.41, 5.74) is 0.901. The Hall–Kier alpha value is -2.02. The summed E-state index contributed by atoms with van der Waals surface area (Å²) >= 11 is 0. The van der Waals surface area contributed by atoms with Gasteiger partial charge in [0.1, 0.15) is 17.5 Å². The van der Waals surface area contributed by atoms with E-state index in [1.165, 1.54) is 7.11 Å². The molecule has 0 aromatic heterocycles. The predicted octanol–water partition coefficient (Wildman–Crippen LogP) is 1.92. The first-order valence-corrected chi connectivity index (χ1v) is 5.14. The molecule has 82 valence electrons. The monoisotopic (exact) mass is 216 g/mol. The number of nitrogens with one attached hydrogen (secondary N) is 1. The fourth-order valence-electron chi connectivity index (χ4n) is 1.49. The molecule has 0 aliphatic heterocycles. The molecule has 0 bridgehead atoms. The van der Waals surface area contributed by atoms with Gasteiger partial charge in [-0.2, -0.15) is 5.26 Å². The molecule has 1 aromatic rings. The van der Waals surface area contributed by atoms with Gasteiger partial charge in [-0.05, 0) is 25.0 Å². The third kappa shape index (κ3) is 1.98. The van der Waals surface area contributed by atoms with Gasteiger partial charge in [-0.1, -0.05) is 6.07 Å². The van der Waals surface area contributed by atoms with Crippen molar-refractivity contribution in [1.29, 1.82) is 5.26 Å². The van der Waals surface area contributed by atoms with E-state index in [2.05, 4.69) is 5.32 Å². The van der Waals surface area contributed by atoms with Gasteiger partial charge in [0.2, 0.25) is 5.91 Å². The van der Waals surface area contributed by atoms with E-state index in [-0.39, 0.29) is 11.8 Å². The lowest BCUT2D eigenvalue weighted by Crippen LogP contribution is -2.15. The predicted molar refractivity (Wildman–Crippen MR) is 59.1 cm³/mol. The third-order valence-corrected chi connectivity index (χ3v) is 2.56. The number of carbonyl (C=O) groups excluding carboxylic acids is 1. The number of hydrogen-bond donors (Lipinski definition) is 1. The van der Waals surface area contributed by atoms with E-state index in [1.54, 1.807) is 18.2 Å². The third-order valence-electron chi connectivity index (χ3n) is 2.56. The van der Waals surface area contributed by atoms with Crippen LogP contribution in [-0.2, 0) is 4.79 Å². The second-order valence-electron chi connectivity index (χ2n) is 3.76. The summed E-state index contributed by atoms with van der Waals surface area (Å²) in [6.45, 7) is 0. The highest BCUT2D eigenvalue weighted by molar-refractivity contribution is 5.96. The largest absolute Gasteiger partial charge is 0.495 e. The lowest BCUT2D eigenvalue weighted by atomic mass is 10.1. The number of para-hydroxylation sites is 1. The smallest absolute Gasteiger partial charge is 0.227 e. The molecule has 4 nitrogen and oxygen atoms in total. The molecule has 4 heteroatoms. The molecule has 1 N–H and O–H groups in total. The van der Waals surface area contributed by atoms with Gasteiger partial charge in [-0.3, -0.25) is 4.79 Å². The molecule has 0 unspecified atom stereocenters. The van der Waals surface area contributed by atoms with Crippen molar-refractivity contribution in [2.45, 2.75) is 12.8 Å². The van der Waals surface area contributed by atoms with Crippen molar-refractivity contribution in [3.05, 3.63) is 23.8 Å². The van der Waals surface area contributed by atoms with Gasteiger partial charge in [-0.25, -0.2) is 0 Å². The molecule has 1 aliphatic rings. The standard InChI is InChI=1S/C12H12N2O2/c1-16-10-4-2-3-9(7-13)11(10)14-12(15)8-5-6-8/h2-4,8H,5-6H2,1H3,(H,14,15). The number of rotatable bonds is 3. The number of nitriles is 1. The number of ether oxygens (including phenoxy) is 1. The first-order chi connectivity index (χ1) is 7.76. The van der Waals surface area contributed by atoms with E-state index < -0.39 is 0 Å². The van der Waals surface area contributed by atoms with Crippen LogP contribution in [0.2, 0.25) is 0 Å². The molecule has 1 aromatic carbocycles. The fraction of sp³-hybridized carbons (Fsp3) is 0.333. The molecule has 0 heterocycles. The fourth-order valence-corrected chi connectivity index (χ4v) is 1.49. The van der Waals surface area contributed by atoms with E-state index in [9.17, 15) is 4.79 Å². The molecule has 0 atom stereocenters. The zero-order chi connectivity index (χ0) is 11.5. The van der Waals surface area contributed by atoms with E-state index in [0.29, 0.717) is 17.0 Å². The average molecular weight is 216 g/mol. The molecule has 0 spiro atoms. The molecular formula is C12H12N2O2. The summed E-state index contributed by atoms with van der Waals surface area (Å²) in [6, 6.07) is 7.15. The topological polar surface area (TPSA) is 62.1 Å². The highest BCUT2D eigenvalue weighted by Gasteiger charge is 2.30. The number of carbonyl (C=O) groups is 1. The normalized spacial score (nSPS) is 14.0. The lowest BCUT2D eigenvalue weighted by molar-refractivity contribution is -0.117. The molecular weight excluding hydrogens is 204 g/mol. The average Bonchev–Trinajstić information content (AvgIpc) is 3.13. The maximum Gasteiger partial charge on any atom is 0.227 e. The Labute approximate surface area is 93.8 Å². The van der Waals surface area contributed by atoms with Gasteiger partial charge in [0.25, 0.3) is 0 Å². The summed E-state index contributed by atoms with van der Waals surface area (Å²) in [5, 5.41) is 11.7. The quantitative estimate of drug-likeness (QED) is 0.839. The Bertz CT molecular complexity index is 459. The minimum atomic E-state index is -0.0269. The van der Waals surface area contributed by atoms with Crippen molar-refractivity contribution in [1.82, 2.24) is 0 Å². The SMILES string of the molecule is COc1cccc(C#N)c1NC(=O)C1CC1. The van der Waals surface area contributed by atoms with Crippen LogP contribution in [0, 0.1) is 17.2 Å². The zero-order valence-electron chi connectivity index (χ0n) is 8.99. The summed E-state index contributed by atoms with van der Waals surface area (Å²) < 4.78 is 5.12. The summed E-state index contributed by atoms with van der Waals surface area (Å²) in [7, 11) is 1.52. The van der Waals surface area contributed by atoms with Crippen molar-refractivity contribution in [2.75, 3.05) is 12.4 Å². The maximum atomic E-state index is 11.6. The molecule has 0 saturated heterocycles. The van der Waals surface area contributed by atoms with E-state index in [4.69, 9.17) is 10.00 Å². The highest BCUT2D eigenvalue weighted by Crippen LogP contribution is 2.33. The van der Waals surface area contributed by atoms with E-state index >= 15 is 0 Å². The zero-order valence-corrected chi connectivity index (χ0v) is 8.99. The first kappa shape index (κ1) is 10.5. The Morgan fingerprint density at radius 3 is 2.88 bits per heavy atom. The van der Waals surface area contributed by atoms with Crippen LogP contribution < -0.4 is 10.1 Å². The van der Waals surface area contributed by atoms with Crippen molar-refractivity contribution < 1.29 is 9.53 Å². The molecule has 1 amide bonds. The Kier molecular flexibility index (Phi) is 2.78. The van der Waals surface area contributed by atoms with E-state index in [0.717, 1.165) is 12.8 Å². The van der Waals surface area contributed by atoms with Crippen molar-refractivity contribution in [2.24, 2.45) is 5.92 Å². The molecule has 0 radical (unpaired) electrons. The Morgan fingerprint density at radius 2 is 2.31 bits per heavy atom. The van der Waals surface area contributed by atoms with Crippen LogP contribution in [0.3, 0.4) is 0 Å². The molecule has 2 rings (SSSR count). The molecule has 16 heavy (non-hydrogen) atoms. The van der Waals surface area contributed by atoms with Gasteiger partial charge in [-0.15, -0.1) is 0 Å². The summed E-state index contributed by atoms with van der Waals surface area (Å²) in [4.78, 5) is 11.6. The number of anilines is 1. The van der Waals surface area contributed by atoms with Crippen LogP contribution in [0.15, 0.2) is 18.2 Å². The van der Waals surface area contributed by atoms with Crippen LogP contribution >= 0.6 is 0 Å². The van der Waals surface area contributed by atoms with Crippen molar-refractivity contribution in [3.63, 3.8) is 0 Å². The van der Waals surface area contributed by atoms with E-state index in [1.807, 2.05) is 6.07 Å². The summed E-state index contributed by atoms with van der Waals surface area (Å²) in [5.74, 6) is 0.602. The van der Waals surface area contributed by atoms with Gasteiger partial charge in [0, 0.05) is 5.92 Å². The van der Waals surface area contributed by atoms with Crippen molar-refractivity contribution in [3.8, 4) is 11.8 Å². The minimum absolute atomic E-state index is 0.0269. The Morgan fingerprint density at radius 1 is 1.56 bits per heavy atom. The Balaban J connectivity index is 2.29. The van der Waals surface area contributed by atoms with Crippen LogP contribution in [0.5, 0.6) is 5.75 Å². The van der Waals surface area contributed by atoms with Crippen LogP contribution in [0.4, 0.5) is 5.69 Å². The number of nitrogens with zero attached hydrogens (tertiary/aromatic N) is 1. The number of amides is 1. The molecule has 1 aliphatic carbocycles. The van der Waals surface area contributed by atoms with Gasteiger partial charge >= 0.3 is 0 Å². The molecule has 1 saturated carbocycles. The maximum absolute atomic E-state index is 11.6. The highest BCUT2D eigenvalue weighted by atomic mass is 16.5. The number of hydrogen-bond acceptors (Lipinski definition) is 3. The summed E-state index contributed by atoms with van der Waals surface area (Å²) in [6.07, 6.45) is 1.87. The lowest BCUT2D eigenvalue weighted by Gasteiger charge is -2.10. The van der Waals surface area contributed by atoms with Crippen LogP contribution in [0.25, 0.3) is 0 Å². The second-order valence-corrected chi connectivity index (χ2v) is 3.76. The van der Waals surface area contributed by atoms with Crippen LogP contribution in [-0.4, -0.2) is 13.0 Å². The molecule has 1 fully saturated rings. The van der Waals surface area contributed by atoms with Crippen molar-refractivity contribution >= 4 is 11.6 Å². The van der Waals surface area contributed by atoms with Gasteiger partial charge in [0.05, 0.1) is 12.7 Å². The number of benzene rings is 1. The second kappa shape index (κ2) is 4.23.